The smallest absolute Gasteiger partial charge is 0.282 e. The maximum Gasteiger partial charge on any atom is 0.282 e. The van der Waals surface area contributed by atoms with Crippen molar-refractivity contribution in [2.45, 2.75) is 0 Å². The molecule has 0 spiro atoms. The van der Waals surface area contributed by atoms with Gasteiger partial charge >= 0.3 is 0 Å². The summed E-state index contributed by atoms with van der Waals surface area (Å²) in [5.74, 6) is 0.478. The maximum absolute atomic E-state index is 10.7. The number of methoxy groups -OCH3 is 1. The number of hydrogen-bond donors (Lipinski definition) is 1. The van der Waals surface area contributed by atoms with Gasteiger partial charge in [-0.2, -0.15) is 0 Å². The molecule has 0 saturated heterocycles. The molecule has 0 fully saturated rings. The zero-order valence-electron chi connectivity index (χ0n) is 7.48. The highest BCUT2D eigenvalue weighted by atomic mass is 16.6. The largest absolute Gasteiger partial charge is 0.496 e. The summed E-state index contributed by atoms with van der Waals surface area (Å²) in [5.41, 5.74) is 0.761. The van der Waals surface area contributed by atoms with Gasteiger partial charge in [-0.3, -0.25) is 10.1 Å². The van der Waals surface area contributed by atoms with E-state index in [9.17, 15) is 10.1 Å². The van der Waals surface area contributed by atoms with Gasteiger partial charge in [-0.25, -0.2) is 0 Å². The fraction of sp³-hybridized carbons (Fsp3) is 0.111. The number of aromatic amines is 1. The van der Waals surface area contributed by atoms with Crippen LogP contribution in [0.1, 0.15) is 0 Å². The Kier molecular flexibility index (Phi) is 1.85. The summed E-state index contributed by atoms with van der Waals surface area (Å²) in [6.07, 6.45) is 1.66. The summed E-state index contributed by atoms with van der Waals surface area (Å²) in [7, 11) is 1.48. The molecule has 0 unspecified atom stereocenters. The van der Waals surface area contributed by atoms with Crippen molar-refractivity contribution in [2.24, 2.45) is 0 Å². The number of hydrogen-bond acceptors (Lipinski definition) is 3. The minimum Gasteiger partial charge on any atom is -0.496 e. The Morgan fingerprint density at radius 2 is 2.29 bits per heavy atom. The lowest BCUT2D eigenvalue weighted by Crippen LogP contribution is -1.90. The monoisotopic (exact) mass is 192 g/mol. The van der Waals surface area contributed by atoms with E-state index in [0.717, 1.165) is 0 Å². The highest BCUT2D eigenvalue weighted by Gasteiger charge is 2.14. The van der Waals surface area contributed by atoms with Crippen molar-refractivity contribution in [3.05, 3.63) is 34.5 Å². The van der Waals surface area contributed by atoms with Crippen LogP contribution in [-0.4, -0.2) is 17.0 Å². The highest BCUT2D eigenvalue weighted by molar-refractivity contribution is 5.89. The van der Waals surface area contributed by atoms with Crippen molar-refractivity contribution < 1.29 is 9.66 Å². The Balaban J connectivity index is 2.76. The molecule has 1 aromatic heterocycles. The van der Waals surface area contributed by atoms with Crippen LogP contribution >= 0.6 is 0 Å². The third-order valence-electron chi connectivity index (χ3n) is 2.05. The summed E-state index contributed by atoms with van der Waals surface area (Å²) in [6, 6.07) is 4.81. The summed E-state index contributed by atoms with van der Waals surface area (Å²) < 4.78 is 4.96. The number of non-ortho nitro benzene ring substituents is 1. The molecule has 0 saturated carbocycles. The van der Waals surface area contributed by atoms with E-state index in [-0.39, 0.29) is 5.69 Å². The predicted molar refractivity (Wildman–Crippen MR) is 51.5 cm³/mol. The molecule has 0 atom stereocenters. The first kappa shape index (κ1) is 8.55. The number of ether oxygens (including phenoxy) is 1. The SMILES string of the molecule is COc1cc([N+](=O)[O-])c2cc[nH]c2c1. The second kappa shape index (κ2) is 3.02. The Hall–Kier alpha value is -2.04. The van der Waals surface area contributed by atoms with Crippen LogP contribution in [-0.2, 0) is 0 Å². The van der Waals surface area contributed by atoms with Crippen LogP contribution in [0.2, 0.25) is 0 Å². The lowest BCUT2D eigenvalue weighted by atomic mass is 10.2. The zero-order valence-corrected chi connectivity index (χ0v) is 7.48. The topological polar surface area (TPSA) is 68.2 Å². The second-order valence-electron chi connectivity index (χ2n) is 2.84. The van der Waals surface area contributed by atoms with Gasteiger partial charge in [0.2, 0.25) is 0 Å². The first-order valence-electron chi connectivity index (χ1n) is 4.02. The van der Waals surface area contributed by atoms with Crippen LogP contribution in [0.15, 0.2) is 24.4 Å². The number of benzene rings is 1. The third-order valence-corrected chi connectivity index (χ3v) is 2.05. The normalized spacial score (nSPS) is 10.4. The van der Waals surface area contributed by atoms with Crippen molar-refractivity contribution in [1.29, 1.82) is 0 Å². The van der Waals surface area contributed by atoms with E-state index >= 15 is 0 Å². The van der Waals surface area contributed by atoms with Gasteiger partial charge in [-0.15, -0.1) is 0 Å². The standard InChI is InChI=1S/C9H8N2O3/c1-14-6-4-8-7(2-3-10-8)9(5-6)11(12)13/h2-5,10H,1H3. The maximum atomic E-state index is 10.7. The molecule has 0 radical (unpaired) electrons. The molecule has 1 heterocycles. The van der Waals surface area contributed by atoms with Crippen molar-refractivity contribution in [3.63, 3.8) is 0 Å². The first-order chi connectivity index (χ1) is 6.72. The van der Waals surface area contributed by atoms with Gasteiger partial charge in [0.25, 0.3) is 5.69 Å². The van der Waals surface area contributed by atoms with Gasteiger partial charge < -0.3 is 9.72 Å². The number of aromatic nitrogens is 1. The fourth-order valence-electron chi connectivity index (χ4n) is 1.39. The van der Waals surface area contributed by atoms with Crippen LogP contribution in [0, 0.1) is 10.1 Å². The summed E-state index contributed by atoms with van der Waals surface area (Å²) in [4.78, 5) is 13.2. The van der Waals surface area contributed by atoms with E-state index in [1.807, 2.05) is 0 Å². The predicted octanol–water partition coefficient (Wildman–Crippen LogP) is 2.08. The molecule has 72 valence electrons. The van der Waals surface area contributed by atoms with Gasteiger partial charge in [0.05, 0.1) is 29.0 Å². The molecule has 0 amide bonds. The second-order valence-corrected chi connectivity index (χ2v) is 2.84. The first-order valence-corrected chi connectivity index (χ1v) is 4.02. The van der Waals surface area contributed by atoms with Crippen molar-refractivity contribution in [3.8, 4) is 5.75 Å². The average molecular weight is 192 g/mol. The molecule has 5 heteroatoms. The molecule has 1 aromatic carbocycles. The number of H-pyrrole nitrogens is 1. The van der Waals surface area contributed by atoms with Gasteiger partial charge in [0.1, 0.15) is 5.75 Å². The van der Waals surface area contributed by atoms with Gasteiger partial charge in [-0.1, -0.05) is 0 Å². The van der Waals surface area contributed by atoms with E-state index in [0.29, 0.717) is 16.7 Å². The number of fused-ring (bicyclic) bond motifs is 1. The number of nitrogens with one attached hydrogen (secondary N) is 1. The lowest BCUT2D eigenvalue weighted by Gasteiger charge is -2.00. The molecule has 0 aliphatic rings. The minimum absolute atomic E-state index is 0.0561. The van der Waals surface area contributed by atoms with Gasteiger partial charge in [0, 0.05) is 12.3 Å². The molecule has 0 aliphatic carbocycles. The Bertz CT molecular complexity index is 490. The molecule has 2 aromatic rings. The summed E-state index contributed by atoms with van der Waals surface area (Å²) in [5, 5.41) is 11.3. The Morgan fingerprint density at radius 3 is 2.93 bits per heavy atom. The number of nitrogens with zero attached hydrogens (tertiary/aromatic N) is 1. The third kappa shape index (κ3) is 1.19. The molecule has 0 aliphatic heterocycles. The summed E-state index contributed by atoms with van der Waals surface area (Å²) in [6.45, 7) is 0. The van der Waals surface area contributed by atoms with Crippen LogP contribution < -0.4 is 4.74 Å². The summed E-state index contributed by atoms with van der Waals surface area (Å²) >= 11 is 0. The van der Waals surface area contributed by atoms with Crippen LogP contribution in [0.4, 0.5) is 5.69 Å². The van der Waals surface area contributed by atoms with Crippen LogP contribution in [0.3, 0.4) is 0 Å². The van der Waals surface area contributed by atoms with E-state index in [2.05, 4.69) is 4.98 Å². The fourth-order valence-corrected chi connectivity index (χ4v) is 1.39. The zero-order chi connectivity index (χ0) is 10.1. The number of rotatable bonds is 2. The lowest BCUT2D eigenvalue weighted by molar-refractivity contribution is -0.383. The molecule has 14 heavy (non-hydrogen) atoms. The number of nitro groups is 1. The highest BCUT2D eigenvalue weighted by Crippen LogP contribution is 2.29. The Labute approximate surface area is 79.5 Å². The van der Waals surface area contributed by atoms with E-state index < -0.39 is 4.92 Å². The van der Waals surface area contributed by atoms with Crippen LogP contribution in [0.5, 0.6) is 5.75 Å². The molecule has 2 rings (SSSR count). The van der Waals surface area contributed by atoms with Crippen molar-refractivity contribution >= 4 is 16.6 Å². The van der Waals surface area contributed by atoms with Gasteiger partial charge in [-0.05, 0) is 6.07 Å². The van der Waals surface area contributed by atoms with Crippen molar-refractivity contribution in [1.82, 2.24) is 4.98 Å². The van der Waals surface area contributed by atoms with Crippen LogP contribution in [0.25, 0.3) is 10.9 Å². The van der Waals surface area contributed by atoms with E-state index in [1.165, 1.54) is 13.2 Å². The Morgan fingerprint density at radius 1 is 1.50 bits per heavy atom. The van der Waals surface area contributed by atoms with E-state index in [1.54, 1.807) is 18.3 Å². The molecular formula is C9H8N2O3. The van der Waals surface area contributed by atoms with Gasteiger partial charge in [0.15, 0.2) is 0 Å². The molecule has 1 N–H and O–H groups in total. The molecular weight excluding hydrogens is 184 g/mol. The molecule has 0 bridgehead atoms. The number of nitro benzene ring substituents is 1. The minimum atomic E-state index is -0.418. The van der Waals surface area contributed by atoms with Crippen molar-refractivity contribution in [2.75, 3.05) is 7.11 Å². The van der Waals surface area contributed by atoms with E-state index in [4.69, 9.17) is 4.74 Å². The average Bonchev–Trinajstić information content (AvgIpc) is 2.63. The molecule has 5 nitrogen and oxygen atoms in total. The quantitative estimate of drug-likeness (QED) is 0.585.